The highest BCUT2D eigenvalue weighted by atomic mass is 19.4. The van der Waals surface area contributed by atoms with Gasteiger partial charge in [-0.05, 0) is 6.92 Å². The van der Waals surface area contributed by atoms with Gasteiger partial charge in [-0.3, -0.25) is 14.8 Å². The Hall–Kier alpha value is -1.60. The summed E-state index contributed by atoms with van der Waals surface area (Å²) in [5, 5.41) is 13.4. The summed E-state index contributed by atoms with van der Waals surface area (Å²) in [6.07, 6.45) is -2.93. The van der Waals surface area contributed by atoms with Crippen LogP contribution in [0.5, 0.6) is 0 Å². The number of alkyl halides is 3. The summed E-state index contributed by atoms with van der Waals surface area (Å²) < 4.78 is 36.9. The van der Waals surface area contributed by atoms with E-state index in [-0.39, 0.29) is 0 Å². The molecule has 0 N–H and O–H groups in total. The Morgan fingerprint density at radius 3 is 2.57 bits per heavy atom. The van der Waals surface area contributed by atoms with E-state index < -0.39 is 22.8 Å². The standard InChI is InChI=1S/C6H6F3N3O2/c1-4(6(7,8)9)11-3-5(2-10-11)12(13)14/h2-4H,1H3. The summed E-state index contributed by atoms with van der Waals surface area (Å²) in [7, 11) is 0. The number of rotatable bonds is 2. The van der Waals surface area contributed by atoms with Gasteiger partial charge in [0.15, 0.2) is 0 Å². The van der Waals surface area contributed by atoms with Crippen LogP contribution < -0.4 is 0 Å². The Morgan fingerprint density at radius 2 is 2.21 bits per heavy atom. The topological polar surface area (TPSA) is 61.0 Å². The van der Waals surface area contributed by atoms with Gasteiger partial charge >= 0.3 is 11.9 Å². The molecule has 1 atom stereocenters. The van der Waals surface area contributed by atoms with Crippen molar-refractivity contribution < 1.29 is 18.1 Å². The van der Waals surface area contributed by atoms with Crippen LogP contribution in [0, 0.1) is 10.1 Å². The fourth-order valence-corrected chi connectivity index (χ4v) is 0.784. The smallest absolute Gasteiger partial charge is 0.258 e. The fraction of sp³-hybridized carbons (Fsp3) is 0.500. The molecular weight excluding hydrogens is 203 g/mol. The van der Waals surface area contributed by atoms with Gasteiger partial charge in [-0.15, -0.1) is 0 Å². The molecule has 0 fully saturated rings. The zero-order chi connectivity index (χ0) is 10.9. The molecule has 0 aliphatic heterocycles. The van der Waals surface area contributed by atoms with Crippen molar-refractivity contribution >= 4 is 5.69 Å². The van der Waals surface area contributed by atoms with Crippen LogP contribution in [0.2, 0.25) is 0 Å². The third-order valence-electron chi connectivity index (χ3n) is 1.67. The quantitative estimate of drug-likeness (QED) is 0.552. The van der Waals surface area contributed by atoms with Gasteiger partial charge in [0.2, 0.25) is 0 Å². The second-order valence-corrected chi connectivity index (χ2v) is 2.65. The number of nitro groups is 1. The highest BCUT2D eigenvalue weighted by Gasteiger charge is 2.38. The highest BCUT2D eigenvalue weighted by Crippen LogP contribution is 2.30. The van der Waals surface area contributed by atoms with Gasteiger partial charge in [-0.2, -0.15) is 18.3 Å². The second-order valence-electron chi connectivity index (χ2n) is 2.65. The summed E-state index contributed by atoms with van der Waals surface area (Å²) in [5.74, 6) is 0. The van der Waals surface area contributed by atoms with E-state index in [2.05, 4.69) is 5.10 Å². The third-order valence-corrected chi connectivity index (χ3v) is 1.67. The molecule has 1 aromatic heterocycles. The molecule has 0 bridgehead atoms. The van der Waals surface area contributed by atoms with E-state index in [1.165, 1.54) is 0 Å². The van der Waals surface area contributed by atoms with Gasteiger partial charge in [0, 0.05) is 0 Å². The van der Waals surface area contributed by atoms with Crippen LogP contribution in [0.25, 0.3) is 0 Å². The Labute approximate surface area is 76.3 Å². The fourth-order valence-electron chi connectivity index (χ4n) is 0.784. The van der Waals surface area contributed by atoms with Gasteiger partial charge in [0.05, 0.1) is 4.92 Å². The van der Waals surface area contributed by atoms with Crippen LogP contribution in [0.4, 0.5) is 18.9 Å². The van der Waals surface area contributed by atoms with Crippen molar-refractivity contribution in [3.8, 4) is 0 Å². The molecule has 8 heteroatoms. The minimum atomic E-state index is -4.46. The van der Waals surface area contributed by atoms with Crippen LogP contribution >= 0.6 is 0 Å². The molecule has 1 heterocycles. The zero-order valence-corrected chi connectivity index (χ0v) is 7.02. The SMILES string of the molecule is CC(n1cc([N+](=O)[O-])cn1)C(F)(F)F. The number of hydrogen-bond donors (Lipinski definition) is 0. The number of aromatic nitrogens is 2. The van der Waals surface area contributed by atoms with Gasteiger partial charge in [0.25, 0.3) is 0 Å². The van der Waals surface area contributed by atoms with Gasteiger partial charge in [0.1, 0.15) is 18.4 Å². The van der Waals surface area contributed by atoms with Crippen molar-refractivity contribution in [3.63, 3.8) is 0 Å². The van der Waals surface area contributed by atoms with Gasteiger partial charge in [-0.25, -0.2) is 0 Å². The molecule has 0 aliphatic rings. The van der Waals surface area contributed by atoms with Crippen LogP contribution in [0.15, 0.2) is 12.4 Å². The van der Waals surface area contributed by atoms with E-state index in [4.69, 9.17) is 0 Å². The summed E-state index contributed by atoms with van der Waals surface area (Å²) >= 11 is 0. The molecule has 1 unspecified atom stereocenters. The van der Waals surface area contributed by atoms with Crippen LogP contribution in [-0.4, -0.2) is 20.9 Å². The first-order valence-electron chi connectivity index (χ1n) is 3.57. The lowest BCUT2D eigenvalue weighted by molar-refractivity contribution is -0.385. The number of nitrogens with zero attached hydrogens (tertiary/aromatic N) is 3. The van der Waals surface area contributed by atoms with Crippen LogP contribution in [0.1, 0.15) is 13.0 Å². The van der Waals surface area contributed by atoms with Crippen LogP contribution in [-0.2, 0) is 0 Å². The van der Waals surface area contributed by atoms with E-state index in [0.29, 0.717) is 4.68 Å². The molecule has 0 radical (unpaired) electrons. The average molecular weight is 209 g/mol. The Balaban J connectivity index is 2.92. The maximum absolute atomic E-state index is 12.1. The molecule has 0 saturated carbocycles. The van der Waals surface area contributed by atoms with E-state index in [1.54, 1.807) is 0 Å². The summed E-state index contributed by atoms with van der Waals surface area (Å²) in [5.41, 5.74) is -0.457. The lowest BCUT2D eigenvalue weighted by atomic mass is 10.3. The molecule has 14 heavy (non-hydrogen) atoms. The van der Waals surface area contributed by atoms with E-state index in [0.717, 1.165) is 19.3 Å². The van der Waals surface area contributed by atoms with Crippen molar-refractivity contribution in [1.29, 1.82) is 0 Å². The minimum Gasteiger partial charge on any atom is -0.258 e. The second kappa shape index (κ2) is 3.28. The van der Waals surface area contributed by atoms with E-state index >= 15 is 0 Å². The van der Waals surface area contributed by atoms with Crippen molar-refractivity contribution in [1.82, 2.24) is 9.78 Å². The Bertz CT molecular complexity index is 346. The first kappa shape index (κ1) is 10.5. The lowest BCUT2D eigenvalue weighted by Gasteiger charge is -2.14. The monoisotopic (exact) mass is 209 g/mol. The molecule has 1 rings (SSSR count). The molecule has 0 spiro atoms. The summed E-state index contributed by atoms with van der Waals surface area (Å²) in [4.78, 5) is 9.36. The van der Waals surface area contributed by atoms with Crippen molar-refractivity contribution in [2.75, 3.05) is 0 Å². The van der Waals surface area contributed by atoms with Crippen molar-refractivity contribution in [2.24, 2.45) is 0 Å². The maximum atomic E-state index is 12.1. The van der Waals surface area contributed by atoms with E-state index in [1.807, 2.05) is 0 Å². The summed E-state index contributed by atoms with van der Waals surface area (Å²) in [6, 6.07) is -1.86. The maximum Gasteiger partial charge on any atom is 0.410 e. The van der Waals surface area contributed by atoms with Crippen LogP contribution in [0.3, 0.4) is 0 Å². The number of hydrogen-bond acceptors (Lipinski definition) is 3. The third kappa shape index (κ3) is 2.01. The molecule has 1 aromatic rings. The Morgan fingerprint density at radius 1 is 1.64 bits per heavy atom. The van der Waals surface area contributed by atoms with E-state index in [9.17, 15) is 23.3 Å². The van der Waals surface area contributed by atoms with Crippen molar-refractivity contribution in [2.45, 2.75) is 19.1 Å². The number of halogens is 3. The predicted molar refractivity (Wildman–Crippen MR) is 39.6 cm³/mol. The highest BCUT2D eigenvalue weighted by molar-refractivity contribution is 5.21. The molecule has 0 amide bonds. The molecule has 0 aliphatic carbocycles. The lowest BCUT2D eigenvalue weighted by Crippen LogP contribution is -2.23. The average Bonchev–Trinajstić information content (AvgIpc) is 2.48. The molecule has 5 nitrogen and oxygen atoms in total. The molecule has 78 valence electrons. The van der Waals surface area contributed by atoms with Crippen molar-refractivity contribution in [3.05, 3.63) is 22.5 Å². The predicted octanol–water partition coefficient (Wildman–Crippen LogP) is 1.91. The summed E-state index contributed by atoms with van der Waals surface area (Å²) in [6.45, 7) is 0.872. The Kier molecular flexibility index (Phi) is 2.45. The molecule has 0 saturated heterocycles. The minimum absolute atomic E-state index is 0.457. The normalized spacial score (nSPS) is 14.0. The first-order chi connectivity index (χ1) is 6.32. The zero-order valence-electron chi connectivity index (χ0n) is 7.02. The largest absolute Gasteiger partial charge is 0.410 e. The molecule has 0 aromatic carbocycles. The first-order valence-corrected chi connectivity index (χ1v) is 3.57. The van der Waals surface area contributed by atoms with Gasteiger partial charge in [-0.1, -0.05) is 0 Å². The molecular formula is C6H6F3N3O2. The van der Waals surface area contributed by atoms with Gasteiger partial charge < -0.3 is 0 Å².